The Labute approximate surface area is 153 Å². The molecule has 3 atom stereocenters. The largest absolute Gasteiger partial charge is 0.465 e. The third-order valence-corrected chi connectivity index (χ3v) is 4.88. The summed E-state index contributed by atoms with van der Waals surface area (Å²) in [5.41, 5.74) is 0.320. The number of hydrogen-bond acceptors (Lipinski definition) is 4. The number of aliphatic hydroxyl groups is 1. The Morgan fingerprint density at radius 2 is 1.77 bits per heavy atom. The van der Waals surface area contributed by atoms with Crippen molar-refractivity contribution in [3.05, 3.63) is 71.8 Å². The molecule has 3 rings (SSSR count). The van der Waals surface area contributed by atoms with Crippen LogP contribution in [0.4, 0.5) is 0 Å². The predicted molar refractivity (Wildman–Crippen MR) is 96.9 cm³/mol. The number of amides is 1. The molecule has 3 unspecified atom stereocenters. The molecule has 0 aliphatic heterocycles. The minimum absolute atomic E-state index is 0.195. The summed E-state index contributed by atoms with van der Waals surface area (Å²) in [6, 6.07) is 18.6. The summed E-state index contributed by atoms with van der Waals surface area (Å²) in [7, 11) is 0. The van der Waals surface area contributed by atoms with E-state index in [-0.39, 0.29) is 18.9 Å². The van der Waals surface area contributed by atoms with Crippen molar-refractivity contribution >= 4 is 11.9 Å². The van der Waals surface area contributed by atoms with Gasteiger partial charge in [-0.1, -0.05) is 60.7 Å². The van der Waals surface area contributed by atoms with Gasteiger partial charge >= 0.3 is 5.97 Å². The van der Waals surface area contributed by atoms with E-state index in [9.17, 15) is 14.7 Å². The number of nitrogens with one attached hydrogen (secondary N) is 1. The van der Waals surface area contributed by atoms with Crippen LogP contribution >= 0.6 is 0 Å². The SMILES string of the molecule is CCOC(=O)C1(C(=O)NCc2ccccc2)CC1C(O)c1ccccc1. The van der Waals surface area contributed by atoms with Crippen molar-refractivity contribution in [2.75, 3.05) is 6.61 Å². The molecule has 1 fully saturated rings. The van der Waals surface area contributed by atoms with Crippen molar-refractivity contribution < 1.29 is 19.4 Å². The summed E-state index contributed by atoms with van der Waals surface area (Å²) >= 11 is 0. The van der Waals surface area contributed by atoms with Crippen LogP contribution in [-0.2, 0) is 20.9 Å². The van der Waals surface area contributed by atoms with E-state index in [0.29, 0.717) is 12.1 Å². The first kappa shape index (κ1) is 18.1. The molecule has 136 valence electrons. The quantitative estimate of drug-likeness (QED) is 0.593. The lowest BCUT2D eigenvalue weighted by Crippen LogP contribution is -2.40. The second-order valence-corrected chi connectivity index (χ2v) is 6.53. The van der Waals surface area contributed by atoms with Crippen LogP contribution in [0.2, 0.25) is 0 Å². The minimum Gasteiger partial charge on any atom is -0.465 e. The van der Waals surface area contributed by atoms with Gasteiger partial charge in [0.2, 0.25) is 5.91 Å². The van der Waals surface area contributed by atoms with Crippen molar-refractivity contribution in [2.45, 2.75) is 26.0 Å². The van der Waals surface area contributed by atoms with Crippen LogP contribution in [0.15, 0.2) is 60.7 Å². The summed E-state index contributed by atoms with van der Waals surface area (Å²) in [5.74, 6) is -1.44. The second-order valence-electron chi connectivity index (χ2n) is 6.53. The number of carbonyl (C=O) groups excluding carboxylic acids is 2. The van der Waals surface area contributed by atoms with Gasteiger partial charge in [-0.25, -0.2) is 0 Å². The highest BCUT2D eigenvalue weighted by Gasteiger charge is 2.69. The van der Waals surface area contributed by atoms with Crippen molar-refractivity contribution in [2.24, 2.45) is 11.3 Å². The molecule has 1 aliphatic rings. The number of rotatable bonds is 7. The average Bonchev–Trinajstić information content (AvgIpc) is 3.44. The number of aliphatic hydroxyl groups excluding tert-OH is 1. The topological polar surface area (TPSA) is 75.6 Å². The van der Waals surface area contributed by atoms with E-state index < -0.39 is 23.4 Å². The van der Waals surface area contributed by atoms with Crippen molar-refractivity contribution in [1.29, 1.82) is 0 Å². The first-order chi connectivity index (χ1) is 12.6. The standard InChI is InChI=1S/C21H23NO4/c1-2-26-20(25)21(19(24)22-14-15-9-5-3-6-10-15)13-17(21)18(23)16-11-7-4-8-12-16/h3-12,17-18,23H,2,13-14H2,1H3,(H,22,24). The van der Waals surface area contributed by atoms with Crippen LogP contribution in [0.3, 0.4) is 0 Å². The summed E-state index contributed by atoms with van der Waals surface area (Å²) in [5, 5.41) is 13.5. The maximum Gasteiger partial charge on any atom is 0.322 e. The first-order valence-corrected chi connectivity index (χ1v) is 8.82. The van der Waals surface area contributed by atoms with E-state index >= 15 is 0 Å². The normalized spacial score (nSPS) is 22.3. The molecule has 0 saturated heterocycles. The van der Waals surface area contributed by atoms with E-state index in [1.165, 1.54) is 0 Å². The van der Waals surface area contributed by atoms with Crippen molar-refractivity contribution in [1.82, 2.24) is 5.32 Å². The Morgan fingerprint density at radius 3 is 2.38 bits per heavy atom. The summed E-state index contributed by atoms with van der Waals surface area (Å²) in [4.78, 5) is 25.4. The fourth-order valence-electron chi connectivity index (χ4n) is 3.34. The van der Waals surface area contributed by atoms with Gasteiger partial charge in [-0.2, -0.15) is 0 Å². The molecular weight excluding hydrogens is 330 g/mol. The van der Waals surface area contributed by atoms with E-state index in [0.717, 1.165) is 5.56 Å². The number of esters is 1. The Kier molecular flexibility index (Phi) is 5.38. The van der Waals surface area contributed by atoms with Crippen LogP contribution in [-0.4, -0.2) is 23.6 Å². The summed E-state index contributed by atoms with van der Waals surface area (Å²) < 4.78 is 5.15. The van der Waals surface area contributed by atoms with E-state index in [1.807, 2.05) is 48.5 Å². The maximum atomic E-state index is 12.8. The second kappa shape index (κ2) is 7.70. The lowest BCUT2D eigenvalue weighted by molar-refractivity contribution is -0.156. The average molecular weight is 353 g/mol. The summed E-state index contributed by atoms with van der Waals surface area (Å²) in [6.45, 7) is 2.23. The molecule has 0 bridgehead atoms. The van der Waals surface area contributed by atoms with Crippen LogP contribution in [0.25, 0.3) is 0 Å². The van der Waals surface area contributed by atoms with Gasteiger partial charge in [0.25, 0.3) is 0 Å². The Balaban J connectivity index is 1.76. The summed E-state index contributed by atoms with van der Waals surface area (Å²) in [6.07, 6.45) is -0.606. The highest BCUT2D eigenvalue weighted by Crippen LogP contribution is 2.59. The molecule has 1 saturated carbocycles. The van der Waals surface area contributed by atoms with Gasteiger partial charge in [-0.15, -0.1) is 0 Å². The van der Waals surface area contributed by atoms with Crippen LogP contribution in [0.5, 0.6) is 0 Å². The van der Waals surface area contributed by atoms with E-state index in [1.54, 1.807) is 19.1 Å². The molecule has 0 spiro atoms. The fraction of sp³-hybridized carbons (Fsp3) is 0.333. The Bertz CT molecular complexity index is 762. The molecule has 1 aliphatic carbocycles. The number of benzene rings is 2. The smallest absolute Gasteiger partial charge is 0.322 e. The molecular formula is C21H23NO4. The molecule has 2 aromatic rings. The third-order valence-electron chi connectivity index (χ3n) is 4.88. The zero-order chi connectivity index (χ0) is 18.6. The molecule has 0 radical (unpaired) electrons. The fourth-order valence-corrected chi connectivity index (χ4v) is 3.34. The minimum atomic E-state index is -1.32. The molecule has 26 heavy (non-hydrogen) atoms. The van der Waals surface area contributed by atoms with Gasteiger partial charge in [-0.3, -0.25) is 9.59 Å². The van der Waals surface area contributed by atoms with Gasteiger partial charge in [0.1, 0.15) is 0 Å². The van der Waals surface area contributed by atoms with Crippen molar-refractivity contribution in [3.63, 3.8) is 0 Å². The lowest BCUT2D eigenvalue weighted by Gasteiger charge is -2.19. The number of hydrogen-bond donors (Lipinski definition) is 2. The first-order valence-electron chi connectivity index (χ1n) is 8.82. The zero-order valence-corrected chi connectivity index (χ0v) is 14.7. The van der Waals surface area contributed by atoms with Gasteiger partial charge < -0.3 is 15.2 Å². The van der Waals surface area contributed by atoms with Gasteiger partial charge in [0.05, 0.1) is 12.7 Å². The van der Waals surface area contributed by atoms with E-state index in [4.69, 9.17) is 4.74 Å². The number of carbonyl (C=O) groups is 2. The maximum absolute atomic E-state index is 12.8. The van der Waals surface area contributed by atoms with Gasteiger partial charge in [0, 0.05) is 12.5 Å². The van der Waals surface area contributed by atoms with Gasteiger partial charge in [0.15, 0.2) is 5.41 Å². The highest BCUT2D eigenvalue weighted by atomic mass is 16.5. The van der Waals surface area contributed by atoms with E-state index in [2.05, 4.69) is 5.32 Å². The molecule has 0 heterocycles. The van der Waals surface area contributed by atoms with Crippen LogP contribution in [0.1, 0.15) is 30.6 Å². The Hall–Kier alpha value is -2.66. The predicted octanol–water partition coefficient (Wildman–Crippen LogP) is 2.61. The molecule has 0 aromatic heterocycles. The zero-order valence-electron chi connectivity index (χ0n) is 14.7. The lowest BCUT2D eigenvalue weighted by atomic mass is 9.95. The monoisotopic (exact) mass is 353 g/mol. The van der Waals surface area contributed by atoms with Crippen LogP contribution in [0, 0.1) is 11.3 Å². The molecule has 5 nitrogen and oxygen atoms in total. The highest BCUT2D eigenvalue weighted by molar-refractivity contribution is 6.06. The van der Waals surface area contributed by atoms with Crippen LogP contribution < -0.4 is 5.32 Å². The van der Waals surface area contributed by atoms with Crippen molar-refractivity contribution in [3.8, 4) is 0 Å². The molecule has 2 N–H and O–H groups in total. The molecule has 5 heteroatoms. The van der Waals surface area contributed by atoms with Gasteiger partial charge in [-0.05, 0) is 24.5 Å². The number of ether oxygens (including phenoxy) is 1. The third kappa shape index (κ3) is 3.48. The Morgan fingerprint density at radius 1 is 1.15 bits per heavy atom. The molecule has 1 amide bonds. The molecule has 2 aromatic carbocycles.